The van der Waals surface area contributed by atoms with E-state index in [4.69, 9.17) is 11.5 Å². The molecule has 5 atom stereocenters. The topological polar surface area (TPSA) is 217 Å². The van der Waals surface area contributed by atoms with Gasteiger partial charge in [0.15, 0.2) is 0 Å². The van der Waals surface area contributed by atoms with Crippen molar-refractivity contribution in [1.29, 1.82) is 0 Å². The molecule has 31 heavy (non-hydrogen) atoms. The van der Waals surface area contributed by atoms with Crippen LogP contribution in [-0.4, -0.2) is 94.4 Å². The van der Waals surface area contributed by atoms with Crippen LogP contribution in [0.1, 0.15) is 32.6 Å². The van der Waals surface area contributed by atoms with Crippen molar-refractivity contribution >= 4 is 35.5 Å². The van der Waals surface area contributed by atoms with Crippen molar-refractivity contribution in [3.63, 3.8) is 0 Å². The van der Waals surface area contributed by atoms with Crippen LogP contribution in [0.15, 0.2) is 0 Å². The maximum Gasteiger partial charge on any atom is 0.326 e. The first-order valence-electron chi connectivity index (χ1n) is 9.96. The van der Waals surface area contributed by atoms with Gasteiger partial charge in [0.25, 0.3) is 0 Å². The molecular formula is C18H35N5O7S. The molecule has 10 N–H and O–H groups in total. The third kappa shape index (κ3) is 11.3. The van der Waals surface area contributed by atoms with Gasteiger partial charge >= 0.3 is 5.97 Å². The number of unbranched alkanes of at least 4 members (excludes halogenated alkanes) is 1. The largest absolute Gasteiger partial charge is 0.480 e. The van der Waals surface area contributed by atoms with E-state index >= 15 is 0 Å². The van der Waals surface area contributed by atoms with Crippen molar-refractivity contribution in [3.05, 3.63) is 0 Å². The van der Waals surface area contributed by atoms with Gasteiger partial charge in [0.1, 0.15) is 24.2 Å². The summed E-state index contributed by atoms with van der Waals surface area (Å²) in [6, 6.07) is -4.93. The van der Waals surface area contributed by atoms with Crippen LogP contribution in [0.3, 0.4) is 0 Å². The molecule has 5 unspecified atom stereocenters. The van der Waals surface area contributed by atoms with Crippen molar-refractivity contribution in [3.8, 4) is 0 Å². The first-order valence-corrected chi connectivity index (χ1v) is 11.4. The molecule has 0 fully saturated rings. The lowest BCUT2D eigenvalue weighted by Gasteiger charge is -2.24. The average Bonchev–Trinajstić information content (AvgIpc) is 2.72. The zero-order valence-corrected chi connectivity index (χ0v) is 18.7. The fourth-order valence-electron chi connectivity index (χ4n) is 2.48. The van der Waals surface area contributed by atoms with Crippen molar-refractivity contribution in [2.45, 2.75) is 62.9 Å². The van der Waals surface area contributed by atoms with E-state index in [-0.39, 0.29) is 12.8 Å². The molecule has 0 radical (unpaired) electrons. The van der Waals surface area contributed by atoms with E-state index in [1.165, 1.54) is 18.7 Å². The van der Waals surface area contributed by atoms with Crippen LogP contribution in [0, 0.1) is 0 Å². The number of hydrogen-bond acceptors (Lipinski definition) is 9. The Labute approximate surface area is 185 Å². The first kappa shape index (κ1) is 29.1. The number of rotatable bonds is 16. The second-order valence-electron chi connectivity index (χ2n) is 7.04. The zero-order chi connectivity index (χ0) is 24.0. The van der Waals surface area contributed by atoms with E-state index in [2.05, 4.69) is 16.0 Å². The molecule has 0 aliphatic rings. The van der Waals surface area contributed by atoms with E-state index in [1.54, 1.807) is 6.26 Å². The maximum absolute atomic E-state index is 12.7. The smallest absolute Gasteiger partial charge is 0.326 e. The highest BCUT2D eigenvalue weighted by atomic mass is 32.2. The van der Waals surface area contributed by atoms with Crippen molar-refractivity contribution < 1.29 is 34.5 Å². The average molecular weight is 466 g/mol. The Kier molecular flexibility index (Phi) is 14.8. The molecule has 0 rings (SSSR count). The molecule has 0 aromatic carbocycles. The number of nitrogens with one attached hydrogen (secondary N) is 3. The molecular weight excluding hydrogens is 430 g/mol. The van der Waals surface area contributed by atoms with Gasteiger partial charge in [0.05, 0.1) is 12.7 Å². The summed E-state index contributed by atoms with van der Waals surface area (Å²) >= 11 is 1.41. The van der Waals surface area contributed by atoms with Crippen LogP contribution in [-0.2, 0) is 19.2 Å². The molecule has 0 saturated carbocycles. The van der Waals surface area contributed by atoms with E-state index in [1.807, 2.05) is 0 Å². The summed E-state index contributed by atoms with van der Waals surface area (Å²) in [5.74, 6) is -3.11. The minimum atomic E-state index is -1.41. The van der Waals surface area contributed by atoms with Crippen LogP contribution in [0.5, 0.6) is 0 Å². The Morgan fingerprint density at radius 3 is 1.97 bits per heavy atom. The number of carboxylic acids is 1. The zero-order valence-electron chi connectivity index (χ0n) is 17.9. The van der Waals surface area contributed by atoms with Crippen LogP contribution < -0.4 is 27.4 Å². The Balaban J connectivity index is 5.19. The first-order chi connectivity index (χ1) is 14.6. The second kappa shape index (κ2) is 15.8. The van der Waals surface area contributed by atoms with E-state index < -0.39 is 60.6 Å². The molecule has 0 bridgehead atoms. The van der Waals surface area contributed by atoms with Crippen molar-refractivity contribution in [1.82, 2.24) is 16.0 Å². The number of carboxylic acid groups (broad SMARTS) is 1. The molecule has 0 aliphatic heterocycles. The molecule has 0 heterocycles. The van der Waals surface area contributed by atoms with Crippen LogP contribution >= 0.6 is 11.8 Å². The standard InChI is InChI=1S/C18H35N5O7S/c1-10(25)14(20)17(28)21-11(5-3-4-7-19)15(26)23-13(9-24)16(27)22-12(18(29)30)6-8-31-2/h10-14,24-25H,3-9,19-20H2,1-2H3,(H,21,28)(H,22,27)(H,23,26)(H,29,30). The Morgan fingerprint density at radius 1 is 0.935 bits per heavy atom. The van der Waals surface area contributed by atoms with E-state index in [0.29, 0.717) is 25.1 Å². The molecule has 0 saturated heterocycles. The van der Waals surface area contributed by atoms with Crippen molar-refractivity contribution in [2.24, 2.45) is 11.5 Å². The van der Waals surface area contributed by atoms with Crippen LogP contribution in [0.25, 0.3) is 0 Å². The molecule has 0 aromatic heterocycles. The van der Waals surface area contributed by atoms with Gasteiger partial charge in [-0.3, -0.25) is 14.4 Å². The summed E-state index contributed by atoms with van der Waals surface area (Å²) in [5.41, 5.74) is 11.0. The summed E-state index contributed by atoms with van der Waals surface area (Å²) in [4.78, 5) is 48.5. The number of carbonyl (C=O) groups excluding carboxylic acids is 3. The number of thioether (sulfide) groups is 1. The fraction of sp³-hybridized carbons (Fsp3) is 0.778. The summed E-state index contributed by atoms with van der Waals surface area (Å²) < 4.78 is 0. The van der Waals surface area contributed by atoms with Crippen molar-refractivity contribution in [2.75, 3.05) is 25.2 Å². The number of amides is 3. The Bertz CT molecular complexity index is 594. The van der Waals surface area contributed by atoms with Crippen LogP contribution in [0.4, 0.5) is 0 Å². The quantitative estimate of drug-likeness (QED) is 0.109. The minimum Gasteiger partial charge on any atom is -0.480 e. The molecule has 0 spiro atoms. The van der Waals surface area contributed by atoms with E-state index in [0.717, 1.165) is 0 Å². The number of aliphatic carboxylic acids is 1. The van der Waals surface area contributed by atoms with Crippen LogP contribution in [0.2, 0.25) is 0 Å². The summed E-state index contributed by atoms with van der Waals surface area (Å²) in [6.07, 6.45) is 2.08. The van der Waals surface area contributed by atoms with Gasteiger partial charge in [-0.15, -0.1) is 0 Å². The summed E-state index contributed by atoms with van der Waals surface area (Å²) in [5, 5.41) is 35.3. The normalized spacial score (nSPS) is 15.8. The number of carbonyl (C=O) groups is 4. The Hall–Kier alpha value is -1.93. The van der Waals surface area contributed by atoms with Gasteiger partial charge in [0.2, 0.25) is 17.7 Å². The number of aliphatic hydroxyl groups excluding tert-OH is 2. The molecule has 12 nitrogen and oxygen atoms in total. The van der Waals surface area contributed by atoms with Gasteiger partial charge in [-0.05, 0) is 51.2 Å². The Morgan fingerprint density at radius 2 is 1.48 bits per heavy atom. The highest BCUT2D eigenvalue weighted by Crippen LogP contribution is 2.04. The van der Waals surface area contributed by atoms with Gasteiger partial charge in [-0.1, -0.05) is 0 Å². The highest BCUT2D eigenvalue weighted by molar-refractivity contribution is 7.98. The molecule has 13 heteroatoms. The summed E-state index contributed by atoms with van der Waals surface area (Å²) in [7, 11) is 0. The lowest BCUT2D eigenvalue weighted by atomic mass is 10.1. The third-order valence-electron chi connectivity index (χ3n) is 4.44. The predicted molar refractivity (Wildman–Crippen MR) is 116 cm³/mol. The third-order valence-corrected chi connectivity index (χ3v) is 5.09. The van der Waals surface area contributed by atoms with Gasteiger partial charge in [-0.2, -0.15) is 11.8 Å². The van der Waals surface area contributed by atoms with Gasteiger partial charge in [0, 0.05) is 0 Å². The number of nitrogens with two attached hydrogens (primary N) is 2. The number of hydrogen-bond donors (Lipinski definition) is 8. The lowest BCUT2D eigenvalue weighted by Crippen LogP contribution is -2.58. The number of aliphatic hydroxyl groups is 2. The maximum atomic E-state index is 12.7. The SMILES string of the molecule is CSCCC(NC(=O)C(CO)NC(=O)C(CCCCN)NC(=O)C(N)C(C)O)C(=O)O. The monoisotopic (exact) mass is 465 g/mol. The molecule has 180 valence electrons. The fourth-order valence-corrected chi connectivity index (χ4v) is 2.95. The second-order valence-corrected chi connectivity index (χ2v) is 8.02. The van der Waals surface area contributed by atoms with Gasteiger partial charge in [-0.25, -0.2) is 4.79 Å². The molecule has 0 aliphatic carbocycles. The van der Waals surface area contributed by atoms with Gasteiger partial charge < -0.3 is 42.7 Å². The summed E-state index contributed by atoms with van der Waals surface area (Å²) in [6.45, 7) is 0.933. The molecule has 0 aromatic rings. The lowest BCUT2D eigenvalue weighted by molar-refractivity contribution is -0.142. The van der Waals surface area contributed by atoms with E-state index in [9.17, 15) is 34.5 Å². The highest BCUT2D eigenvalue weighted by Gasteiger charge is 2.30. The minimum absolute atomic E-state index is 0.170. The molecule has 3 amide bonds. The predicted octanol–water partition coefficient (Wildman–Crippen LogP) is -2.89.